The Morgan fingerprint density at radius 1 is 1.32 bits per heavy atom. The van der Waals surface area contributed by atoms with E-state index in [-0.39, 0.29) is 0 Å². The van der Waals surface area contributed by atoms with Crippen molar-refractivity contribution in [2.24, 2.45) is 5.84 Å². The van der Waals surface area contributed by atoms with Crippen LogP contribution < -0.4 is 16.2 Å². The zero-order chi connectivity index (χ0) is 14.1. The predicted octanol–water partition coefficient (Wildman–Crippen LogP) is 1.58. The number of nitrogens with two attached hydrogens (primary N) is 1. The smallest absolute Gasteiger partial charge is 0.145 e. The number of nitrogens with zero attached hydrogens (tertiary/aromatic N) is 3. The standard InChI is InChI=1S/C13H25N5O/c1-4-7-11-15-12(17-14)10-13(16-11)18(5-2)8-9-19-6-3/h10H,4-9,14H2,1-3H3,(H,15,16,17). The Morgan fingerprint density at radius 2 is 2.11 bits per heavy atom. The van der Waals surface area contributed by atoms with Gasteiger partial charge in [0.15, 0.2) is 0 Å². The molecule has 1 heterocycles. The van der Waals surface area contributed by atoms with E-state index in [1.807, 2.05) is 13.0 Å². The molecule has 0 spiro atoms. The number of hydrogen-bond donors (Lipinski definition) is 2. The molecule has 3 N–H and O–H groups in total. The summed E-state index contributed by atoms with van der Waals surface area (Å²) in [5.41, 5.74) is 2.60. The van der Waals surface area contributed by atoms with Gasteiger partial charge in [-0.3, -0.25) is 0 Å². The molecule has 0 aliphatic carbocycles. The third kappa shape index (κ3) is 5.00. The topological polar surface area (TPSA) is 76.3 Å². The van der Waals surface area contributed by atoms with Crippen molar-refractivity contribution < 1.29 is 4.74 Å². The molecule has 1 aromatic heterocycles. The summed E-state index contributed by atoms with van der Waals surface area (Å²) in [6, 6.07) is 1.87. The van der Waals surface area contributed by atoms with Crippen LogP contribution in [0.4, 0.5) is 11.6 Å². The second-order valence-corrected chi connectivity index (χ2v) is 4.20. The SMILES string of the molecule is CCCc1nc(NN)cc(N(CC)CCOCC)n1. The fourth-order valence-corrected chi connectivity index (χ4v) is 1.81. The molecule has 1 rings (SSSR count). The highest BCUT2D eigenvalue weighted by atomic mass is 16.5. The number of aryl methyl sites for hydroxylation is 1. The van der Waals surface area contributed by atoms with Gasteiger partial charge in [-0.25, -0.2) is 15.8 Å². The molecule has 0 saturated heterocycles. The van der Waals surface area contributed by atoms with Crippen molar-refractivity contribution in [3.63, 3.8) is 0 Å². The first-order chi connectivity index (χ1) is 9.24. The number of hydrazine groups is 1. The molecule has 0 amide bonds. The minimum atomic E-state index is 0.656. The lowest BCUT2D eigenvalue weighted by molar-refractivity contribution is 0.154. The van der Waals surface area contributed by atoms with Gasteiger partial charge in [-0.1, -0.05) is 6.92 Å². The Balaban J connectivity index is 2.84. The first-order valence-electron chi connectivity index (χ1n) is 6.92. The number of nitrogen functional groups attached to an aromatic ring is 1. The molecule has 1 aromatic rings. The maximum absolute atomic E-state index is 5.46. The van der Waals surface area contributed by atoms with E-state index in [0.717, 1.165) is 44.2 Å². The molecule has 0 aliphatic rings. The third-order valence-electron chi connectivity index (χ3n) is 2.80. The van der Waals surface area contributed by atoms with E-state index in [4.69, 9.17) is 10.6 Å². The van der Waals surface area contributed by atoms with Crippen molar-refractivity contribution in [1.29, 1.82) is 0 Å². The molecule has 19 heavy (non-hydrogen) atoms. The summed E-state index contributed by atoms with van der Waals surface area (Å²) < 4.78 is 5.40. The molecule has 0 atom stereocenters. The van der Waals surface area contributed by atoms with Gasteiger partial charge in [0.1, 0.15) is 17.5 Å². The van der Waals surface area contributed by atoms with Crippen molar-refractivity contribution in [3.05, 3.63) is 11.9 Å². The summed E-state index contributed by atoms with van der Waals surface area (Å²) >= 11 is 0. The molecule has 0 aliphatic heterocycles. The highest BCUT2D eigenvalue weighted by molar-refractivity contribution is 5.48. The number of likely N-dealkylation sites (N-methyl/N-ethyl adjacent to an activating group) is 1. The summed E-state index contributed by atoms with van der Waals surface area (Å²) in [6.07, 6.45) is 1.87. The van der Waals surface area contributed by atoms with Gasteiger partial charge in [0, 0.05) is 32.2 Å². The lowest BCUT2D eigenvalue weighted by atomic mass is 10.3. The molecular formula is C13H25N5O. The van der Waals surface area contributed by atoms with Gasteiger partial charge < -0.3 is 15.1 Å². The van der Waals surface area contributed by atoms with Crippen LogP contribution in [0.15, 0.2) is 6.07 Å². The fraction of sp³-hybridized carbons (Fsp3) is 0.692. The highest BCUT2D eigenvalue weighted by Crippen LogP contribution is 2.16. The van der Waals surface area contributed by atoms with Crippen LogP contribution in [0.25, 0.3) is 0 Å². The predicted molar refractivity (Wildman–Crippen MR) is 78.2 cm³/mol. The number of aromatic nitrogens is 2. The number of anilines is 2. The Hall–Kier alpha value is -1.40. The van der Waals surface area contributed by atoms with Crippen molar-refractivity contribution in [1.82, 2.24) is 9.97 Å². The van der Waals surface area contributed by atoms with Crippen LogP contribution in [0.5, 0.6) is 0 Å². The maximum Gasteiger partial charge on any atom is 0.145 e. The van der Waals surface area contributed by atoms with Crippen molar-refractivity contribution >= 4 is 11.6 Å². The quantitative estimate of drug-likeness (QED) is 0.402. The molecular weight excluding hydrogens is 242 g/mol. The average molecular weight is 267 g/mol. The summed E-state index contributed by atoms with van der Waals surface area (Å²) in [4.78, 5) is 11.1. The second-order valence-electron chi connectivity index (χ2n) is 4.20. The normalized spacial score (nSPS) is 10.5. The molecule has 108 valence electrons. The van der Waals surface area contributed by atoms with Crippen LogP contribution in [0.2, 0.25) is 0 Å². The summed E-state index contributed by atoms with van der Waals surface area (Å²) in [6.45, 7) is 9.33. The number of hydrogen-bond acceptors (Lipinski definition) is 6. The van der Waals surface area contributed by atoms with E-state index in [2.05, 4.69) is 34.1 Å². The molecule has 0 unspecified atom stereocenters. The Morgan fingerprint density at radius 3 is 2.68 bits per heavy atom. The average Bonchev–Trinajstić information content (AvgIpc) is 2.43. The van der Waals surface area contributed by atoms with Crippen LogP contribution in [0, 0.1) is 0 Å². The third-order valence-corrected chi connectivity index (χ3v) is 2.80. The monoisotopic (exact) mass is 267 g/mol. The van der Waals surface area contributed by atoms with Crippen molar-refractivity contribution in [2.75, 3.05) is 36.6 Å². The zero-order valence-electron chi connectivity index (χ0n) is 12.1. The zero-order valence-corrected chi connectivity index (χ0v) is 12.1. The minimum absolute atomic E-state index is 0.656. The number of ether oxygens (including phenoxy) is 1. The van der Waals surface area contributed by atoms with E-state index in [0.29, 0.717) is 12.4 Å². The van der Waals surface area contributed by atoms with Gasteiger partial charge in [-0.15, -0.1) is 0 Å². The van der Waals surface area contributed by atoms with Gasteiger partial charge in [0.25, 0.3) is 0 Å². The van der Waals surface area contributed by atoms with Gasteiger partial charge in [-0.2, -0.15) is 0 Å². The molecule has 0 fully saturated rings. The molecule has 0 saturated carbocycles. The summed E-state index contributed by atoms with van der Waals surface area (Å²) in [7, 11) is 0. The van der Waals surface area contributed by atoms with Crippen LogP contribution in [-0.2, 0) is 11.2 Å². The Bertz CT molecular complexity index is 372. The molecule has 0 bridgehead atoms. The maximum atomic E-state index is 5.46. The van der Waals surface area contributed by atoms with E-state index in [1.165, 1.54) is 0 Å². The van der Waals surface area contributed by atoms with Gasteiger partial charge in [0.2, 0.25) is 0 Å². The van der Waals surface area contributed by atoms with Gasteiger partial charge in [-0.05, 0) is 20.3 Å². The summed E-state index contributed by atoms with van der Waals surface area (Å²) in [5.74, 6) is 7.84. The summed E-state index contributed by atoms with van der Waals surface area (Å²) in [5, 5.41) is 0. The van der Waals surface area contributed by atoms with Crippen LogP contribution in [-0.4, -0.2) is 36.3 Å². The van der Waals surface area contributed by atoms with Gasteiger partial charge >= 0.3 is 0 Å². The number of nitrogens with one attached hydrogen (secondary N) is 1. The first-order valence-corrected chi connectivity index (χ1v) is 6.92. The van der Waals surface area contributed by atoms with Crippen LogP contribution in [0.1, 0.15) is 33.0 Å². The van der Waals surface area contributed by atoms with Gasteiger partial charge in [0.05, 0.1) is 6.61 Å². The van der Waals surface area contributed by atoms with Crippen molar-refractivity contribution in [3.8, 4) is 0 Å². The van der Waals surface area contributed by atoms with Crippen LogP contribution >= 0.6 is 0 Å². The Kier molecular flexibility index (Phi) is 7.14. The molecule has 6 nitrogen and oxygen atoms in total. The van der Waals surface area contributed by atoms with E-state index >= 15 is 0 Å². The Labute approximate surface area is 115 Å². The first kappa shape index (κ1) is 15.7. The van der Waals surface area contributed by atoms with E-state index in [1.54, 1.807) is 0 Å². The number of rotatable bonds is 9. The lowest BCUT2D eigenvalue weighted by Crippen LogP contribution is -2.28. The lowest BCUT2D eigenvalue weighted by Gasteiger charge is -2.22. The molecule has 0 radical (unpaired) electrons. The second kappa shape index (κ2) is 8.66. The largest absolute Gasteiger partial charge is 0.380 e. The molecule has 0 aromatic carbocycles. The minimum Gasteiger partial charge on any atom is -0.380 e. The van der Waals surface area contributed by atoms with Crippen LogP contribution in [0.3, 0.4) is 0 Å². The fourth-order valence-electron chi connectivity index (χ4n) is 1.81. The highest BCUT2D eigenvalue weighted by Gasteiger charge is 2.09. The van der Waals surface area contributed by atoms with E-state index in [9.17, 15) is 0 Å². The molecule has 6 heteroatoms. The van der Waals surface area contributed by atoms with Crippen molar-refractivity contribution in [2.45, 2.75) is 33.6 Å². The van der Waals surface area contributed by atoms with E-state index < -0.39 is 0 Å².